The Hall–Kier alpha value is -0.160. The molecule has 4 heteroatoms. The van der Waals surface area contributed by atoms with E-state index in [9.17, 15) is 0 Å². The van der Waals surface area contributed by atoms with Gasteiger partial charge >= 0.3 is 0 Å². The Morgan fingerprint density at radius 3 is 1.44 bits per heavy atom. The molecule has 0 fully saturated rings. The van der Waals surface area contributed by atoms with Crippen LogP contribution in [0.25, 0.3) is 0 Å². The zero-order chi connectivity index (χ0) is 13.8. The lowest BCUT2D eigenvalue weighted by molar-refractivity contribution is 0.224. The summed E-state index contributed by atoms with van der Waals surface area (Å²) < 4.78 is 0. The molecule has 0 unspecified atom stereocenters. The van der Waals surface area contributed by atoms with Crippen LogP contribution < -0.4 is 5.73 Å². The third kappa shape index (κ3) is 11.0. The highest BCUT2D eigenvalue weighted by molar-refractivity contribution is 4.60. The van der Waals surface area contributed by atoms with Crippen LogP contribution in [-0.2, 0) is 0 Å². The highest BCUT2D eigenvalue weighted by Crippen LogP contribution is 1.93. The van der Waals surface area contributed by atoms with Gasteiger partial charge in [0.1, 0.15) is 0 Å². The van der Waals surface area contributed by atoms with Crippen LogP contribution in [0.15, 0.2) is 0 Å². The van der Waals surface area contributed by atoms with Gasteiger partial charge in [-0.15, -0.1) is 0 Å². The van der Waals surface area contributed by atoms with Gasteiger partial charge in [-0.1, -0.05) is 13.3 Å². The number of nitrogens with zero attached hydrogens (tertiary/aromatic N) is 3. The molecule has 0 heterocycles. The fourth-order valence-corrected chi connectivity index (χ4v) is 1.81. The zero-order valence-corrected chi connectivity index (χ0v) is 13.0. The number of hydrogen-bond acceptors (Lipinski definition) is 4. The Morgan fingerprint density at radius 1 is 0.667 bits per heavy atom. The van der Waals surface area contributed by atoms with Crippen molar-refractivity contribution in [3.63, 3.8) is 0 Å². The summed E-state index contributed by atoms with van der Waals surface area (Å²) in [4.78, 5) is 7.21. The van der Waals surface area contributed by atoms with E-state index in [1.165, 1.54) is 25.9 Å². The van der Waals surface area contributed by atoms with E-state index < -0.39 is 0 Å². The number of likely N-dealkylation sites (N-methyl/N-ethyl adjacent to an activating group) is 3. The predicted octanol–water partition coefficient (Wildman–Crippen LogP) is 0.931. The number of unbranched alkanes of at least 4 members (excludes halogenated alkanes) is 1. The predicted molar refractivity (Wildman–Crippen MR) is 81.1 cm³/mol. The minimum atomic E-state index is 0.794. The maximum atomic E-state index is 5.51. The van der Waals surface area contributed by atoms with Crippen molar-refractivity contribution >= 4 is 0 Å². The normalized spacial score (nSPS) is 12.0. The van der Waals surface area contributed by atoms with Crippen molar-refractivity contribution < 1.29 is 0 Å². The van der Waals surface area contributed by atoms with Gasteiger partial charge in [-0.3, -0.25) is 0 Å². The number of rotatable bonds is 12. The third-order valence-electron chi connectivity index (χ3n) is 3.36. The number of nitrogens with two attached hydrogens (primary N) is 1. The summed E-state index contributed by atoms with van der Waals surface area (Å²) in [7, 11) is 6.61. The Kier molecular flexibility index (Phi) is 11.8. The maximum absolute atomic E-state index is 5.51. The average Bonchev–Trinajstić information content (AvgIpc) is 2.37. The first-order chi connectivity index (χ1) is 8.60. The van der Waals surface area contributed by atoms with E-state index in [1.54, 1.807) is 0 Å². The summed E-state index contributed by atoms with van der Waals surface area (Å²) in [6, 6.07) is 0. The summed E-state index contributed by atoms with van der Waals surface area (Å²) in [5.74, 6) is 0. The molecule has 0 amide bonds. The van der Waals surface area contributed by atoms with E-state index in [4.69, 9.17) is 5.73 Å². The van der Waals surface area contributed by atoms with E-state index in [-0.39, 0.29) is 0 Å². The van der Waals surface area contributed by atoms with Gasteiger partial charge in [-0.05, 0) is 53.6 Å². The molecule has 0 aliphatic carbocycles. The van der Waals surface area contributed by atoms with Crippen LogP contribution in [0.1, 0.15) is 26.2 Å². The average molecular weight is 258 g/mol. The SMILES string of the molecule is CCCCN(C)CCN(C)CCN(C)CCCN. The molecule has 0 saturated heterocycles. The quantitative estimate of drug-likeness (QED) is 0.565. The van der Waals surface area contributed by atoms with Crippen LogP contribution in [0.4, 0.5) is 0 Å². The number of hydrogen-bond donors (Lipinski definition) is 1. The van der Waals surface area contributed by atoms with Crippen LogP contribution in [0, 0.1) is 0 Å². The van der Waals surface area contributed by atoms with Gasteiger partial charge in [-0.25, -0.2) is 0 Å². The smallest absolute Gasteiger partial charge is 0.0107 e. The molecule has 0 aromatic carbocycles. The lowest BCUT2D eigenvalue weighted by Gasteiger charge is -2.24. The van der Waals surface area contributed by atoms with E-state index in [1.807, 2.05) is 0 Å². The minimum Gasteiger partial charge on any atom is -0.330 e. The van der Waals surface area contributed by atoms with Crippen molar-refractivity contribution in [2.24, 2.45) is 5.73 Å². The Labute approximate surface area is 114 Å². The molecule has 0 atom stereocenters. The molecule has 0 spiro atoms. The molecular formula is C14H34N4. The van der Waals surface area contributed by atoms with Gasteiger partial charge in [0.15, 0.2) is 0 Å². The van der Waals surface area contributed by atoms with Gasteiger partial charge in [0, 0.05) is 26.2 Å². The molecule has 4 nitrogen and oxygen atoms in total. The second-order valence-corrected chi connectivity index (χ2v) is 5.41. The zero-order valence-electron chi connectivity index (χ0n) is 13.0. The van der Waals surface area contributed by atoms with E-state index in [2.05, 4.69) is 42.8 Å². The molecule has 0 aliphatic rings. The summed E-state index contributed by atoms with van der Waals surface area (Å²) in [5.41, 5.74) is 5.51. The molecule has 0 rings (SSSR count). The lowest BCUT2D eigenvalue weighted by atomic mass is 10.3. The topological polar surface area (TPSA) is 35.7 Å². The van der Waals surface area contributed by atoms with Crippen molar-refractivity contribution in [1.29, 1.82) is 0 Å². The molecule has 110 valence electrons. The fraction of sp³-hybridized carbons (Fsp3) is 1.00. The van der Waals surface area contributed by atoms with Crippen molar-refractivity contribution in [2.45, 2.75) is 26.2 Å². The molecule has 0 aromatic heterocycles. The van der Waals surface area contributed by atoms with Gasteiger partial charge in [0.25, 0.3) is 0 Å². The van der Waals surface area contributed by atoms with Gasteiger partial charge in [0.05, 0.1) is 0 Å². The van der Waals surface area contributed by atoms with Crippen molar-refractivity contribution in [3.05, 3.63) is 0 Å². The van der Waals surface area contributed by atoms with E-state index >= 15 is 0 Å². The minimum absolute atomic E-state index is 0.794. The highest BCUT2D eigenvalue weighted by Gasteiger charge is 2.03. The first-order valence-corrected chi connectivity index (χ1v) is 7.35. The standard InChI is InChI=1S/C14H34N4/c1-5-6-9-16(2)11-13-18(4)14-12-17(3)10-7-8-15/h5-15H2,1-4H3. The second kappa shape index (κ2) is 11.9. The molecule has 2 N–H and O–H groups in total. The Balaban J connectivity index is 3.49. The fourth-order valence-electron chi connectivity index (χ4n) is 1.81. The van der Waals surface area contributed by atoms with E-state index in [0.717, 1.165) is 39.1 Å². The molecular weight excluding hydrogens is 224 g/mol. The summed E-state index contributed by atoms with van der Waals surface area (Å²) in [5, 5.41) is 0. The van der Waals surface area contributed by atoms with E-state index in [0.29, 0.717) is 0 Å². The largest absolute Gasteiger partial charge is 0.330 e. The van der Waals surface area contributed by atoms with Gasteiger partial charge in [0.2, 0.25) is 0 Å². The van der Waals surface area contributed by atoms with Crippen LogP contribution in [0.5, 0.6) is 0 Å². The summed E-state index contributed by atoms with van der Waals surface area (Å²) >= 11 is 0. The lowest BCUT2D eigenvalue weighted by Crippen LogP contribution is -2.36. The van der Waals surface area contributed by atoms with Gasteiger partial charge in [-0.2, -0.15) is 0 Å². The van der Waals surface area contributed by atoms with Crippen molar-refractivity contribution in [1.82, 2.24) is 14.7 Å². The molecule has 18 heavy (non-hydrogen) atoms. The summed E-state index contributed by atoms with van der Waals surface area (Å²) in [6.45, 7) is 9.98. The van der Waals surface area contributed by atoms with Gasteiger partial charge < -0.3 is 20.4 Å². The molecule has 0 bridgehead atoms. The summed E-state index contributed by atoms with van der Waals surface area (Å²) in [6.07, 6.45) is 3.69. The first-order valence-electron chi connectivity index (χ1n) is 7.35. The third-order valence-corrected chi connectivity index (χ3v) is 3.36. The maximum Gasteiger partial charge on any atom is 0.0107 e. The van der Waals surface area contributed by atoms with Crippen LogP contribution in [0.3, 0.4) is 0 Å². The Morgan fingerprint density at radius 2 is 1.06 bits per heavy atom. The van der Waals surface area contributed by atoms with Crippen molar-refractivity contribution in [3.8, 4) is 0 Å². The monoisotopic (exact) mass is 258 g/mol. The van der Waals surface area contributed by atoms with Crippen LogP contribution >= 0.6 is 0 Å². The molecule has 0 saturated carbocycles. The molecule has 0 aliphatic heterocycles. The highest BCUT2D eigenvalue weighted by atomic mass is 15.2. The Bertz CT molecular complexity index is 157. The van der Waals surface area contributed by atoms with Crippen LogP contribution in [-0.4, -0.2) is 81.7 Å². The van der Waals surface area contributed by atoms with Crippen LogP contribution in [0.2, 0.25) is 0 Å². The van der Waals surface area contributed by atoms with Crippen molar-refractivity contribution in [2.75, 3.05) is 67.0 Å². The molecule has 0 aromatic rings. The first kappa shape index (κ1) is 17.8. The molecule has 0 radical (unpaired) electrons. The second-order valence-electron chi connectivity index (χ2n) is 5.41.